The van der Waals surface area contributed by atoms with Crippen LogP contribution in [0.4, 0.5) is 5.69 Å². The fourth-order valence-corrected chi connectivity index (χ4v) is 2.97. The SMILES string of the molecule is NCc1c(N2CCCCCC2)ccc2c1OCCO2. The first-order valence-electron chi connectivity index (χ1n) is 7.26. The third kappa shape index (κ3) is 2.50. The zero-order valence-electron chi connectivity index (χ0n) is 11.4. The molecule has 0 atom stereocenters. The summed E-state index contributed by atoms with van der Waals surface area (Å²) in [6.07, 6.45) is 5.19. The number of fused-ring (bicyclic) bond motifs is 1. The van der Waals surface area contributed by atoms with Crippen LogP contribution in [0.15, 0.2) is 12.1 Å². The van der Waals surface area contributed by atoms with Crippen LogP contribution in [0.3, 0.4) is 0 Å². The molecule has 104 valence electrons. The van der Waals surface area contributed by atoms with Crippen LogP contribution in [0.2, 0.25) is 0 Å². The molecule has 2 N–H and O–H groups in total. The molecular formula is C15H22N2O2. The molecule has 1 aromatic rings. The van der Waals surface area contributed by atoms with E-state index in [1.807, 2.05) is 6.07 Å². The smallest absolute Gasteiger partial charge is 0.167 e. The minimum Gasteiger partial charge on any atom is -0.486 e. The minimum absolute atomic E-state index is 0.498. The van der Waals surface area contributed by atoms with Gasteiger partial charge in [0.1, 0.15) is 13.2 Å². The van der Waals surface area contributed by atoms with E-state index in [9.17, 15) is 0 Å². The molecule has 0 amide bonds. The molecule has 0 spiro atoms. The van der Waals surface area contributed by atoms with Crippen molar-refractivity contribution in [1.29, 1.82) is 0 Å². The summed E-state index contributed by atoms with van der Waals surface area (Å²) < 4.78 is 11.4. The molecule has 19 heavy (non-hydrogen) atoms. The summed E-state index contributed by atoms with van der Waals surface area (Å²) in [6, 6.07) is 4.16. The first kappa shape index (κ1) is 12.6. The molecule has 1 aromatic carbocycles. The molecule has 0 aromatic heterocycles. The lowest BCUT2D eigenvalue weighted by Crippen LogP contribution is -2.27. The van der Waals surface area contributed by atoms with Crippen molar-refractivity contribution in [2.45, 2.75) is 32.2 Å². The second-order valence-electron chi connectivity index (χ2n) is 5.19. The van der Waals surface area contributed by atoms with E-state index < -0.39 is 0 Å². The standard InChI is InChI=1S/C15H22N2O2/c16-11-12-13(17-7-3-1-2-4-8-17)5-6-14-15(12)19-10-9-18-14/h5-6H,1-4,7-11,16H2. The largest absolute Gasteiger partial charge is 0.486 e. The highest BCUT2D eigenvalue weighted by atomic mass is 16.6. The number of nitrogens with zero attached hydrogens (tertiary/aromatic N) is 1. The fourth-order valence-electron chi connectivity index (χ4n) is 2.97. The number of ether oxygens (including phenoxy) is 2. The monoisotopic (exact) mass is 262 g/mol. The topological polar surface area (TPSA) is 47.7 Å². The van der Waals surface area contributed by atoms with Gasteiger partial charge in [-0.1, -0.05) is 12.8 Å². The molecule has 1 saturated heterocycles. The normalized spacial score (nSPS) is 19.1. The lowest BCUT2D eigenvalue weighted by atomic mass is 10.1. The van der Waals surface area contributed by atoms with Gasteiger partial charge in [-0.2, -0.15) is 0 Å². The van der Waals surface area contributed by atoms with Crippen LogP contribution in [0, 0.1) is 0 Å². The molecule has 1 fully saturated rings. The van der Waals surface area contributed by atoms with E-state index >= 15 is 0 Å². The van der Waals surface area contributed by atoms with Crippen molar-refractivity contribution in [2.24, 2.45) is 5.73 Å². The van der Waals surface area contributed by atoms with Crippen LogP contribution < -0.4 is 20.1 Å². The Kier molecular flexibility index (Phi) is 3.78. The van der Waals surface area contributed by atoms with Gasteiger partial charge in [-0.3, -0.25) is 0 Å². The van der Waals surface area contributed by atoms with E-state index in [4.69, 9.17) is 15.2 Å². The maximum absolute atomic E-state index is 5.96. The summed E-state index contributed by atoms with van der Waals surface area (Å²) in [5.41, 5.74) is 8.28. The summed E-state index contributed by atoms with van der Waals surface area (Å²) in [6.45, 7) is 3.97. The molecule has 2 heterocycles. The van der Waals surface area contributed by atoms with E-state index in [1.54, 1.807) is 0 Å². The molecule has 0 saturated carbocycles. The molecule has 4 heteroatoms. The summed E-state index contributed by atoms with van der Waals surface area (Å²) >= 11 is 0. The van der Waals surface area contributed by atoms with Crippen LogP contribution >= 0.6 is 0 Å². The molecule has 3 rings (SSSR count). The van der Waals surface area contributed by atoms with Crippen molar-refractivity contribution in [2.75, 3.05) is 31.2 Å². The number of rotatable bonds is 2. The van der Waals surface area contributed by atoms with Crippen LogP contribution in [-0.4, -0.2) is 26.3 Å². The van der Waals surface area contributed by atoms with Gasteiger partial charge in [-0.25, -0.2) is 0 Å². The number of benzene rings is 1. The van der Waals surface area contributed by atoms with Crippen molar-refractivity contribution in [3.63, 3.8) is 0 Å². The highest BCUT2D eigenvalue weighted by Crippen LogP contribution is 2.39. The van der Waals surface area contributed by atoms with Crippen LogP contribution in [-0.2, 0) is 6.54 Å². The highest BCUT2D eigenvalue weighted by molar-refractivity contribution is 5.64. The number of hydrogen-bond acceptors (Lipinski definition) is 4. The molecule has 4 nitrogen and oxygen atoms in total. The fraction of sp³-hybridized carbons (Fsp3) is 0.600. The van der Waals surface area contributed by atoms with Gasteiger partial charge in [0.05, 0.1) is 0 Å². The van der Waals surface area contributed by atoms with Crippen molar-refractivity contribution in [3.05, 3.63) is 17.7 Å². The average Bonchev–Trinajstić information content (AvgIpc) is 2.75. The predicted molar refractivity (Wildman–Crippen MR) is 76.0 cm³/mol. The number of nitrogens with two attached hydrogens (primary N) is 1. The first-order valence-corrected chi connectivity index (χ1v) is 7.26. The third-order valence-corrected chi connectivity index (χ3v) is 3.94. The summed E-state index contributed by atoms with van der Waals surface area (Å²) in [7, 11) is 0. The second-order valence-corrected chi connectivity index (χ2v) is 5.19. The highest BCUT2D eigenvalue weighted by Gasteiger charge is 2.21. The van der Waals surface area contributed by atoms with Gasteiger partial charge in [0.25, 0.3) is 0 Å². The van der Waals surface area contributed by atoms with Gasteiger partial charge in [-0.15, -0.1) is 0 Å². The van der Waals surface area contributed by atoms with Crippen LogP contribution in [0.5, 0.6) is 11.5 Å². The van der Waals surface area contributed by atoms with Gasteiger partial charge in [0.15, 0.2) is 11.5 Å². The van der Waals surface area contributed by atoms with Gasteiger partial charge in [0.2, 0.25) is 0 Å². The van der Waals surface area contributed by atoms with Crippen molar-refractivity contribution in [3.8, 4) is 11.5 Å². The van der Waals surface area contributed by atoms with Crippen molar-refractivity contribution >= 4 is 5.69 Å². The van der Waals surface area contributed by atoms with Crippen LogP contribution in [0.25, 0.3) is 0 Å². The van der Waals surface area contributed by atoms with Crippen LogP contribution in [0.1, 0.15) is 31.2 Å². The van der Waals surface area contributed by atoms with Gasteiger partial charge in [-0.05, 0) is 25.0 Å². The second kappa shape index (κ2) is 5.70. The molecule has 0 radical (unpaired) electrons. The summed E-state index contributed by atoms with van der Waals surface area (Å²) in [5, 5.41) is 0. The van der Waals surface area contributed by atoms with Gasteiger partial charge in [0, 0.05) is 30.9 Å². The molecule has 2 aliphatic rings. The van der Waals surface area contributed by atoms with Crippen molar-refractivity contribution in [1.82, 2.24) is 0 Å². The Bertz CT molecular complexity index is 440. The van der Waals surface area contributed by atoms with E-state index in [-0.39, 0.29) is 0 Å². The van der Waals surface area contributed by atoms with Crippen molar-refractivity contribution < 1.29 is 9.47 Å². The Morgan fingerprint density at radius 3 is 2.47 bits per heavy atom. The Morgan fingerprint density at radius 2 is 1.74 bits per heavy atom. The van der Waals surface area contributed by atoms with E-state index in [0.29, 0.717) is 19.8 Å². The lowest BCUT2D eigenvalue weighted by molar-refractivity contribution is 0.170. The predicted octanol–water partition coefficient (Wildman–Crippen LogP) is 2.30. The van der Waals surface area contributed by atoms with E-state index in [0.717, 1.165) is 30.2 Å². The maximum Gasteiger partial charge on any atom is 0.167 e. The Morgan fingerprint density at radius 1 is 1.00 bits per heavy atom. The summed E-state index contributed by atoms with van der Waals surface area (Å²) in [4.78, 5) is 2.45. The molecule has 0 unspecified atom stereocenters. The van der Waals surface area contributed by atoms with E-state index in [2.05, 4.69) is 11.0 Å². The zero-order valence-corrected chi connectivity index (χ0v) is 11.4. The summed E-state index contributed by atoms with van der Waals surface area (Å²) in [5.74, 6) is 1.70. The van der Waals surface area contributed by atoms with Gasteiger partial charge >= 0.3 is 0 Å². The number of hydrogen-bond donors (Lipinski definition) is 1. The Balaban J connectivity index is 1.95. The first-order chi connectivity index (χ1) is 9.40. The zero-order chi connectivity index (χ0) is 13.1. The molecule has 0 aliphatic carbocycles. The maximum atomic E-state index is 5.96. The quantitative estimate of drug-likeness (QED) is 0.888. The lowest BCUT2D eigenvalue weighted by Gasteiger charge is -2.29. The average molecular weight is 262 g/mol. The number of anilines is 1. The Labute approximate surface area is 114 Å². The Hall–Kier alpha value is -1.42. The minimum atomic E-state index is 0.498. The van der Waals surface area contributed by atoms with Gasteiger partial charge < -0.3 is 20.1 Å². The molecular weight excluding hydrogens is 240 g/mol. The molecule has 2 aliphatic heterocycles. The van der Waals surface area contributed by atoms with E-state index in [1.165, 1.54) is 31.4 Å². The third-order valence-electron chi connectivity index (χ3n) is 3.94. The molecule has 0 bridgehead atoms.